The Morgan fingerprint density at radius 1 is 1.26 bits per heavy atom. The Morgan fingerprint density at radius 2 is 2.00 bits per heavy atom. The minimum Gasteiger partial charge on any atom is -0.348 e. The maximum atomic E-state index is 12.5. The predicted molar refractivity (Wildman–Crippen MR) is 85.3 cm³/mol. The summed E-state index contributed by atoms with van der Waals surface area (Å²) < 4.78 is 37.3. The van der Waals surface area contributed by atoms with Crippen LogP contribution in [0.3, 0.4) is 0 Å². The molecular weight excluding hydrogens is 345 g/mol. The van der Waals surface area contributed by atoms with Crippen LogP contribution in [0.25, 0.3) is 0 Å². The van der Waals surface area contributed by atoms with Gasteiger partial charge < -0.3 is 4.90 Å². The van der Waals surface area contributed by atoms with Crippen LogP contribution in [0.15, 0.2) is 35.4 Å². The fourth-order valence-corrected chi connectivity index (χ4v) is 3.93. The van der Waals surface area contributed by atoms with Crippen LogP contribution in [-0.4, -0.2) is 29.4 Å². The summed E-state index contributed by atoms with van der Waals surface area (Å²) in [6.07, 6.45) is 3.73. The Bertz CT molecular complexity index is 709. The van der Waals surface area contributed by atoms with E-state index >= 15 is 0 Å². The first-order chi connectivity index (χ1) is 10.9. The number of hydrogen-bond donors (Lipinski definition) is 0. The van der Waals surface area contributed by atoms with Gasteiger partial charge in [0.25, 0.3) is 0 Å². The first-order valence-corrected chi connectivity index (χ1v) is 8.67. The number of halogens is 3. The van der Waals surface area contributed by atoms with E-state index in [9.17, 15) is 18.0 Å². The summed E-state index contributed by atoms with van der Waals surface area (Å²) in [4.78, 5) is 19.3. The first kappa shape index (κ1) is 16.3. The normalized spacial score (nSPS) is 15.2. The highest BCUT2D eigenvalue weighted by Crippen LogP contribution is 2.37. The van der Waals surface area contributed by atoms with Crippen molar-refractivity contribution < 1.29 is 18.0 Å². The molecular formula is C15H13F3N2OS2. The van der Waals surface area contributed by atoms with Crippen molar-refractivity contribution in [1.82, 2.24) is 4.98 Å². The molecule has 1 aliphatic rings. The Kier molecular flexibility index (Phi) is 4.63. The third kappa shape index (κ3) is 4.06. The maximum absolute atomic E-state index is 12.5. The number of thioether (sulfide) groups is 1. The molecule has 0 spiro atoms. The van der Waals surface area contributed by atoms with Crippen molar-refractivity contribution in [3.8, 4) is 0 Å². The molecule has 0 radical (unpaired) electrons. The van der Waals surface area contributed by atoms with Gasteiger partial charge in [0.05, 0.1) is 11.1 Å². The van der Waals surface area contributed by atoms with E-state index in [1.165, 1.54) is 41.8 Å². The summed E-state index contributed by atoms with van der Waals surface area (Å²) in [6, 6.07) is 5.61. The number of carbonyl (C=O) groups is 1. The maximum Gasteiger partial charge on any atom is 0.446 e. The second-order valence-corrected chi connectivity index (χ2v) is 7.25. The smallest absolute Gasteiger partial charge is 0.348 e. The van der Waals surface area contributed by atoms with Crippen molar-refractivity contribution in [2.75, 3.05) is 18.0 Å². The molecule has 8 heteroatoms. The number of carbonyl (C=O) groups excluding carboxylic acids is 1. The number of aromatic nitrogens is 1. The lowest BCUT2D eigenvalue weighted by Gasteiger charge is -2.12. The third-order valence-electron chi connectivity index (χ3n) is 3.42. The number of benzene rings is 1. The van der Waals surface area contributed by atoms with Crippen LogP contribution in [0, 0.1) is 0 Å². The summed E-state index contributed by atoms with van der Waals surface area (Å²) in [6.45, 7) is 1.86. The number of rotatable bonds is 4. The molecule has 0 saturated carbocycles. The summed E-state index contributed by atoms with van der Waals surface area (Å²) in [5, 5.41) is 0.798. The lowest BCUT2D eigenvalue weighted by atomic mass is 10.1. The molecule has 122 valence electrons. The van der Waals surface area contributed by atoms with E-state index in [-0.39, 0.29) is 28.0 Å². The van der Waals surface area contributed by atoms with Gasteiger partial charge in [-0.25, -0.2) is 4.98 Å². The van der Waals surface area contributed by atoms with Crippen LogP contribution in [0.5, 0.6) is 0 Å². The molecule has 1 fully saturated rings. The van der Waals surface area contributed by atoms with Crippen LogP contribution in [0.4, 0.5) is 18.3 Å². The van der Waals surface area contributed by atoms with Gasteiger partial charge in [-0.2, -0.15) is 13.2 Å². The second kappa shape index (κ2) is 6.52. The van der Waals surface area contributed by atoms with Crippen LogP contribution in [0.2, 0.25) is 0 Å². The SMILES string of the molecule is O=C(c1cccc(SC(F)(F)F)c1)c1cnc(N2CCCC2)s1. The lowest BCUT2D eigenvalue weighted by molar-refractivity contribution is -0.0328. The standard InChI is InChI=1S/C15H13F3N2OS2/c16-15(17,18)23-11-5-3-4-10(8-11)13(21)12-9-19-14(22-12)20-6-1-2-7-20/h3-5,8-9H,1-2,6-7H2. The summed E-state index contributed by atoms with van der Waals surface area (Å²) in [7, 11) is 0. The van der Waals surface area contributed by atoms with Gasteiger partial charge in [0.1, 0.15) is 0 Å². The largest absolute Gasteiger partial charge is 0.446 e. The molecule has 1 aromatic heterocycles. The Balaban J connectivity index is 1.79. The molecule has 0 atom stereocenters. The minimum atomic E-state index is -4.37. The van der Waals surface area contributed by atoms with Gasteiger partial charge >= 0.3 is 5.51 Å². The highest BCUT2D eigenvalue weighted by molar-refractivity contribution is 8.00. The van der Waals surface area contributed by atoms with Gasteiger partial charge in [-0.1, -0.05) is 23.5 Å². The molecule has 1 aliphatic heterocycles. The second-order valence-electron chi connectivity index (χ2n) is 5.11. The zero-order chi connectivity index (χ0) is 16.4. The summed E-state index contributed by atoms with van der Waals surface area (Å²) >= 11 is 1.07. The molecule has 2 aromatic rings. The van der Waals surface area contributed by atoms with E-state index < -0.39 is 5.51 Å². The molecule has 0 unspecified atom stereocenters. The van der Waals surface area contributed by atoms with Gasteiger partial charge in [0, 0.05) is 23.5 Å². The number of nitrogens with zero attached hydrogens (tertiary/aromatic N) is 2. The van der Waals surface area contributed by atoms with E-state index in [1.54, 1.807) is 0 Å². The third-order valence-corrected chi connectivity index (χ3v) is 5.20. The predicted octanol–water partition coefficient (Wildman–Crippen LogP) is 4.59. The monoisotopic (exact) mass is 358 g/mol. The molecule has 0 N–H and O–H groups in total. The van der Waals surface area contributed by atoms with Crippen molar-refractivity contribution in [3.05, 3.63) is 40.9 Å². The van der Waals surface area contributed by atoms with Gasteiger partial charge in [-0.05, 0) is 36.7 Å². The highest BCUT2D eigenvalue weighted by Gasteiger charge is 2.29. The summed E-state index contributed by atoms with van der Waals surface area (Å²) in [5.41, 5.74) is -4.12. The fraction of sp³-hybridized carbons (Fsp3) is 0.333. The molecule has 1 aromatic carbocycles. The number of hydrogen-bond acceptors (Lipinski definition) is 5. The van der Waals surface area contributed by atoms with Gasteiger partial charge in [-0.3, -0.25) is 4.79 Å². The van der Waals surface area contributed by atoms with E-state index in [1.807, 2.05) is 0 Å². The number of alkyl halides is 3. The summed E-state index contributed by atoms with van der Waals surface area (Å²) in [5.74, 6) is -0.294. The van der Waals surface area contributed by atoms with E-state index in [0.29, 0.717) is 4.88 Å². The van der Waals surface area contributed by atoms with E-state index in [2.05, 4.69) is 9.88 Å². The molecule has 3 rings (SSSR count). The number of anilines is 1. The Morgan fingerprint density at radius 3 is 2.70 bits per heavy atom. The van der Waals surface area contributed by atoms with Crippen LogP contribution < -0.4 is 4.90 Å². The molecule has 23 heavy (non-hydrogen) atoms. The molecule has 0 aliphatic carbocycles. The van der Waals surface area contributed by atoms with Crippen molar-refractivity contribution in [3.63, 3.8) is 0 Å². The average Bonchev–Trinajstić information content (AvgIpc) is 3.16. The number of ketones is 1. The highest BCUT2D eigenvalue weighted by atomic mass is 32.2. The van der Waals surface area contributed by atoms with Crippen molar-refractivity contribution in [2.24, 2.45) is 0 Å². The van der Waals surface area contributed by atoms with Gasteiger partial charge in [0.2, 0.25) is 5.78 Å². The lowest BCUT2D eigenvalue weighted by Crippen LogP contribution is -2.16. The average molecular weight is 358 g/mol. The van der Waals surface area contributed by atoms with Gasteiger partial charge in [-0.15, -0.1) is 0 Å². The van der Waals surface area contributed by atoms with Gasteiger partial charge in [0.15, 0.2) is 5.13 Å². The van der Waals surface area contributed by atoms with E-state index in [0.717, 1.165) is 31.1 Å². The quantitative estimate of drug-likeness (QED) is 0.591. The zero-order valence-electron chi connectivity index (χ0n) is 12.0. The zero-order valence-corrected chi connectivity index (χ0v) is 13.6. The fourth-order valence-electron chi connectivity index (χ4n) is 2.40. The number of thiazole rings is 1. The van der Waals surface area contributed by atoms with E-state index in [4.69, 9.17) is 0 Å². The molecule has 1 saturated heterocycles. The Labute approximate surface area is 139 Å². The Hall–Kier alpha value is -1.54. The molecule has 3 nitrogen and oxygen atoms in total. The van der Waals surface area contributed by atoms with Crippen LogP contribution in [-0.2, 0) is 0 Å². The topological polar surface area (TPSA) is 33.2 Å². The van der Waals surface area contributed by atoms with Crippen molar-refractivity contribution in [2.45, 2.75) is 23.2 Å². The first-order valence-electron chi connectivity index (χ1n) is 7.04. The molecule has 0 amide bonds. The minimum absolute atomic E-state index is 0.00707. The molecule has 0 bridgehead atoms. The molecule has 2 heterocycles. The van der Waals surface area contributed by atoms with Crippen LogP contribution >= 0.6 is 23.1 Å². The van der Waals surface area contributed by atoms with Crippen molar-refractivity contribution in [1.29, 1.82) is 0 Å². The van der Waals surface area contributed by atoms with Crippen molar-refractivity contribution >= 4 is 34.0 Å². The van der Waals surface area contributed by atoms with Crippen LogP contribution in [0.1, 0.15) is 28.1 Å².